The number of phenols is 6. The molecule has 0 amide bonds. The number of hydrogen-bond acceptors (Lipinski definition) is 8. The van der Waals surface area contributed by atoms with Gasteiger partial charge in [0.1, 0.15) is 23.0 Å². The van der Waals surface area contributed by atoms with E-state index in [-0.39, 0.29) is 34.5 Å². The van der Waals surface area contributed by atoms with E-state index in [4.69, 9.17) is 9.47 Å². The Balaban J connectivity index is 1.58. The van der Waals surface area contributed by atoms with Crippen molar-refractivity contribution in [2.24, 2.45) is 0 Å². The molecule has 8 heteroatoms. The van der Waals surface area contributed by atoms with Crippen molar-refractivity contribution >= 4 is 21.5 Å². The molecule has 0 spiro atoms. The van der Waals surface area contributed by atoms with Crippen LogP contribution < -0.4 is 9.47 Å². The number of benzene rings is 5. The monoisotopic (exact) mass is 482 g/mol. The van der Waals surface area contributed by atoms with Gasteiger partial charge in [0.05, 0.1) is 0 Å². The van der Waals surface area contributed by atoms with E-state index in [0.717, 1.165) is 11.1 Å². The Bertz CT molecular complexity index is 1640. The summed E-state index contributed by atoms with van der Waals surface area (Å²) in [5.41, 5.74) is 2.58. The molecular formula is C28H18O8. The topological polar surface area (TPSA) is 140 Å². The van der Waals surface area contributed by atoms with Gasteiger partial charge in [0.2, 0.25) is 0 Å². The number of phenolic OH excluding ortho intramolecular Hbond substituents is 6. The smallest absolute Gasteiger partial charge is 0.157 e. The van der Waals surface area contributed by atoms with Gasteiger partial charge in [0, 0.05) is 45.2 Å². The maximum Gasteiger partial charge on any atom is 0.157 e. The molecule has 0 aliphatic carbocycles. The van der Waals surface area contributed by atoms with Crippen LogP contribution in [0.15, 0.2) is 60.7 Å². The highest BCUT2D eigenvalue weighted by atomic mass is 16.5. The SMILES string of the molecule is Oc1cc2c3c(c4cc(O)cc5c4c(c3c1)[C@@H](c1ccc(O)c(O)c1)O5)[C@@H](c1ccc(O)c(O)c1)O2. The van der Waals surface area contributed by atoms with Crippen molar-refractivity contribution in [1.82, 2.24) is 0 Å². The molecule has 2 atom stereocenters. The molecule has 0 unspecified atom stereocenters. The molecule has 2 aliphatic heterocycles. The molecular weight excluding hydrogens is 464 g/mol. The molecule has 0 saturated carbocycles. The van der Waals surface area contributed by atoms with Crippen molar-refractivity contribution in [3.05, 3.63) is 82.9 Å². The maximum atomic E-state index is 10.6. The predicted molar refractivity (Wildman–Crippen MR) is 129 cm³/mol. The number of rotatable bonds is 2. The first-order valence-corrected chi connectivity index (χ1v) is 11.2. The van der Waals surface area contributed by atoms with Gasteiger partial charge >= 0.3 is 0 Å². The van der Waals surface area contributed by atoms with Crippen molar-refractivity contribution in [1.29, 1.82) is 0 Å². The van der Waals surface area contributed by atoms with Crippen LogP contribution in [0.4, 0.5) is 0 Å². The van der Waals surface area contributed by atoms with E-state index in [0.29, 0.717) is 44.2 Å². The van der Waals surface area contributed by atoms with E-state index in [2.05, 4.69) is 0 Å². The standard InChI is InChI=1S/C28H18O8/c29-13-7-15-24-22(10-13)36-28(12-2-4-18(32)20(34)6-12)26(24)16-8-14(30)9-21-23(16)25(15)27(35-21)11-1-3-17(31)19(33)5-11/h1-10,27-34H/t27-,28-/m1/s1. The van der Waals surface area contributed by atoms with Crippen LogP contribution in [0.25, 0.3) is 21.5 Å². The van der Waals surface area contributed by atoms with E-state index in [1.165, 1.54) is 36.4 Å². The van der Waals surface area contributed by atoms with Crippen molar-refractivity contribution in [3.63, 3.8) is 0 Å². The minimum Gasteiger partial charge on any atom is -0.508 e. The lowest BCUT2D eigenvalue weighted by atomic mass is 9.86. The van der Waals surface area contributed by atoms with Gasteiger partial charge in [-0.2, -0.15) is 0 Å². The minimum absolute atomic E-state index is 0.0206. The minimum atomic E-state index is -0.698. The molecule has 6 N–H and O–H groups in total. The van der Waals surface area contributed by atoms with Gasteiger partial charge in [0.25, 0.3) is 0 Å². The van der Waals surface area contributed by atoms with Gasteiger partial charge in [-0.15, -0.1) is 0 Å². The van der Waals surface area contributed by atoms with Crippen LogP contribution in [0.5, 0.6) is 46.0 Å². The van der Waals surface area contributed by atoms with E-state index >= 15 is 0 Å². The zero-order chi connectivity index (χ0) is 24.9. The average molecular weight is 482 g/mol. The molecule has 36 heavy (non-hydrogen) atoms. The van der Waals surface area contributed by atoms with Gasteiger partial charge in [-0.25, -0.2) is 0 Å². The lowest BCUT2D eigenvalue weighted by Gasteiger charge is -2.17. The van der Waals surface area contributed by atoms with Crippen LogP contribution in [-0.2, 0) is 0 Å². The summed E-state index contributed by atoms with van der Waals surface area (Å²) in [5, 5.41) is 63.8. The molecule has 178 valence electrons. The van der Waals surface area contributed by atoms with Crippen LogP contribution >= 0.6 is 0 Å². The lowest BCUT2D eigenvalue weighted by molar-refractivity contribution is 0.264. The second-order valence-electron chi connectivity index (χ2n) is 9.05. The first-order chi connectivity index (χ1) is 17.3. The molecule has 5 aromatic carbocycles. The second-order valence-corrected chi connectivity index (χ2v) is 9.05. The van der Waals surface area contributed by atoms with E-state index in [9.17, 15) is 30.6 Å². The molecule has 0 aromatic heterocycles. The van der Waals surface area contributed by atoms with Crippen LogP contribution in [0.2, 0.25) is 0 Å². The molecule has 8 nitrogen and oxygen atoms in total. The summed E-state index contributed by atoms with van der Waals surface area (Å²) in [6, 6.07) is 15.1. The molecule has 2 aliphatic rings. The average Bonchev–Trinajstić information content (AvgIpc) is 3.40. The molecule has 0 saturated heterocycles. The Labute approximate surface area is 203 Å². The Kier molecular flexibility index (Phi) is 3.85. The van der Waals surface area contributed by atoms with Gasteiger partial charge < -0.3 is 40.1 Å². The Morgan fingerprint density at radius 1 is 0.472 bits per heavy atom. The molecule has 2 heterocycles. The highest BCUT2D eigenvalue weighted by Crippen LogP contribution is 2.57. The summed E-state index contributed by atoms with van der Waals surface area (Å²) in [6.07, 6.45) is -1.40. The fraction of sp³-hybridized carbons (Fsp3) is 0.0714. The van der Waals surface area contributed by atoms with Crippen molar-refractivity contribution in [3.8, 4) is 46.0 Å². The molecule has 5 aromatic rings. The highest BCUT2D eigenvalue weighted by Gasteiger charge is 2.38. The van der Waals surface area contributed by atoms with Crippen LogP contribution in [0.3, 0.4) is 0 Å². The fourth-order valence-corrected chi connectivity index (χ4v) is 5.43. The highest BCUT2D eigenvalue weighted by molar-refractivity contribution is 6.13. The molecule has 7 rings (SSSR count). The number of hydrogen-bond donors (Lipinski definition) is 6. The first-order valence-electron chi connectivity index (χ1n) is 11.2. The quantitative estimate of drug-likeness (QED) is 0.149. The molecule has 0 fully saturated rings. The van der Waals surface area contributed by atoms with E-state index in [1.807, 2.05) is 0 Å². The van der Waals surface area contributed by atoms with Crippen LogP contribution in [-0.4, -0.2) is 30.6 Å². The summed E-state index contributed by atoms with van der Waals surface area (Å²) in [4.78, 5) is 0. The van der Waals surface area contributed by atoms with Crippen molar-refractivity contribution in [2.75, 3.05) is 0 Å². The van der Waals surface area contributed by atoms with Crippen LogP contribution in [0.1, 0.15) is 34.5 Å². The second kappa shape index (κ2) is 6.79. The third kappa shape index (κ3) is 2.63. The third-order valence-corrected chi connectivity index (χ3v) is 6.91. The van der Waals surface area contributed by atoms with Gasteiger partial charge in [0.15, 0.2) is 35.2 Å². The zero-order valence-electron chi connectivity index (χ0n) is 18.4. The first kappa shape index (κ1) is 20.4. The normalized spacial score (nSPS) is 17.4. The molecule has 0 bridgehead atoms. The summed E-state index contributed by atoms with van der Waals surface area (Å²) < 4.78 is 12.6. The predicted octanol–water partition coefficient (Wildman–Crippen LogP) is 5.19. The number of fused-ring (bicyclic) bond motifs is 2. The van der Waals surface area contributed by atoms with E-state index in [1.54, 1.807) is 24.3 Å². The van der Waals surface area contributed by atoms with E-state index < -0.39 is 12.2 Å². The third-order valence-electron chi connectivity index (χ3n) is 6.91. The summed E-state index contributed by atoms with van der Waals surface area (Å²) in [5.74, 6) is -0.321. The van der Waals surface area contributed by atoms with Crippen LogP contribution in [0, 0.1) is 0 Å². The largest absolute Gasteiger partial charge is 0.508 e. The van der Waals surface area contributed by atoms with Crippen molar-refractivity contribution in [2.45, 2.75) is 12.2 Å². The number of ether oxygens (including phenoxy) is 2. The van der Waals surface area contributed by atoms with Gasteiger partial charge in [-0.05, 0) is 47.2 Å². The lowest BCUT2D eigenvalue weighted by Crippen LogP contribution is -2.06. The summed E-state index contributed by atoms with van der Waals surface area (Å²) in [7, 11) is 0. The zero-order valence-corrected chi connectivity index (χ0v) is 18.4. The Morgan fingerprint density at radius 2 is 0.889 bits per heavy atom. The van der Waals surface area contributed by atoms with Gasteiger partial charge in [-0.1, -0.05) is 12.1 Å². The number of aromatic hydroxyl groups is 6. The summed E-state index contributed by atoms with van der Waals surface area (Å²) in [6.45, 7) is 0. The maximum absolute atomic E-state index is 10.6. The fourth-order valence-electron chi connectivity index (χ4n) is 5.43. The summed E-state index contributed by atoms with van der Waals surface area (Å²) >= 11 is 0. The Hall–Kier alpha value is -4.98. The molecule has 0 radical (unpaired) electrons. The Morgan fingerprint density at radius 3 is 1.28 bits per heavy atom. The van der Waals surface area contributed by atoms with Gasteiger partial charge in [-0.3, -0.25) is 0 Å². The van der Waals surface area contributed by atoms with Crippen molar-refractivity contribution < 1.29 is 40.1 Å².